The summed E-state index contributed by atoms with van der Waals surface area (Å²) < 4.78 is 0. The largest absolute Gasteiger partial charge is 0.388 e. The van der Waals surface area contributed by atoms with Crippen LogP contribution in [0.2, 0.25) is 10.0 Å². The molecule has 70 valence electrons. The monoisotopic (exact) mass is 216 g/mol. The van der Waals surface area contributed by atoms with E-state index in [9.17, 15) is 5.11 Å². The highest BCUT2D eigenvalue weighted by atomic mass is 35.5. The summed E-state index contributed by atoms with van der Waals surface area (Å²) in [5.41, 5.74) is 1.97. The summed E-state index contributed by atoms with van der Waals surface area (Å²) in [4.78, 5) is 0. The van der Waals surface area contributed by atoms with Crippen LogP contribution in [0.3, 0.4) is 0 Å². The molecule has 0 spiro atoms. The van der Waals surface area contributed by atoms with Gasteiger partial charge in [0.25, 0.3) is 0 Å². The van der Waals surface area contributed by atoms with E-state index < -0.39 is 0 Å². The Morgan fingerprint density at radius 1 is 1.31 bits per heavy atom. The minimum absolute atomic E-state index is 0.389. The lowest BCUT2D eigenvalue weighted by Crippen LogP contribution is -2.09. The van der Waals surface area contributed by atoms with Crippen molar-refractivity contribution in [3.05, 3.63) is 33.3 Å². The first-order valence-corrected chi connectivity index (χ1v) is 5.10. The van der Waals surface area contributed by atoms with E-state index in [1.165, 1.54) is 0 Å². The second-order valence-electron chi connectivity index (χ2n) is 3.36. The van der Waals surface area contributed by atoms with Crippen molar-refractivity contribution < 1.29 is 5.11 Å². The van der Waals surface area contributed by atoms with Crippen LogP contribution < -0.4 is 0 Å². The number of rotatable bonds is 0. The summed E-state index contributed by atoms with van der Waals surface area (Å²) in [7, 11) is 0. The molecule has 1 atom stereocenters. The number of hydrogen-bond donors (Lipinski definition) is 1. The van der Waals surface area contributed by atoms with Crippen LogP contribution in [-0.2, 0) is 6.42 Å². The molecule has 1 unspecified atom stereocenters. The van der Waals surface area contributed by atoms with Crippen molar-refractivity contribution in [2.24, 2.45) is 0 Å². The summed E-state index contributed by atoms with van der Waals surface area (Å²) in [6.45, 7) is 0. The summed E-state index contributed by atoms with van der Waals surface area (Å²) in [6, 6.07) is 3.55. The van der Waals surface area contributed by atoms with Gasteiger partial charge in [0, 0.05) is 10.0 Å². The number of hydrogen-bond acceptors (Lipinski definition) is 1. The summed E-state index contributed by atoms with van der Waals surface area (Å²) in [5.74, 6) is 0. The average Bonchev–Trinajstić information content (AvgIpc) is 2.07. The predicted molar refractivity (Wildman–Crippen MR) is 54.4 cm³/mol. The first kappa shape index (κ1) is 9.32. The average molecular weight is 217 g/mol. The Bertz CT molecular complexity index is 336. The Morgan fingerprint density at radius 2 is 2.08 bits per heavy atom. The van der Waals surface area contributed by atoms with Gasteiger partial charge in [-0.15, -0.1) is 0 Å². The molecule has 2 rings (SSSR count). The van der Waals surface area contributed by atoms with E-state index in [2.05, 4.69) is 0 Å². The van der Waals surface area contributed by atoms with Crippen molar-refractivity contribution in [1.82, 2.24) is 0 Å². The summed E-state index contributed by atoms with van der Waals surface area (Å²) in [5, 5.41) is 11.0. The quantitative estimate of drug-likeness (QED) is 0.706. The lowest BCUT2D eigenvalue weighted by atomic mass is 9.89. The number of fused-ring (bicyclic) bond motifs is 1. The van der Waals surface area contributed by atoms with Crippen molar-refractivity contribution in [2.75, 3.05) is 0 Å². The minimum atomic E-state index is -0.389. The molecule has 0 radical (unpaired) electrons. The molecule has 1 nitrogen and oxygen atoms in total. The maximum absolute atomic E-state index is 9.69. The van der Waals surface area contributed by atoms with Gasteiger partial charge >= 0.3 is 0 Å². The van der Waals surface area contributed by atoms with E-state index in [4.69, 9.17) is 23.2 Å². The Morgan fingerprint density at radius 3 is 2.85 bits per heavy atom. The second-order valence-corrected chi connectivity index (χ2v) is 4.21. The summed E-state index contributed by atoms with van der Waals surface area (Å²) in [6.07, 6.45) is 2.36. The van der Waals surface area contributed by atoms with E-state index >= 15 is 0 Å². The van der Waals surface area contributed by atoms with Crippen LogP contribution >= 0.6 is 23.2 Å². The van der Waals surface area contributed by atoms with Gasteiger partial charge in [-0.2, -0.15) is 0 Å². The molecule has 1 aromatic rings. The molecule has 1 aromatic carbocycles. The maximum atomic E-state index is 9.69. The zero-order valence-electron chi connectivity index (χ0n) is 7.06. The van der Waals surface area contributed by atoms with Crippen molar-refractivity contribution in [3.8, 4) is 0 Å². The van der Waals surface area contributed by atoms with Gasteiger partial charge in [-0.3, -0.25) is 0 Å². The van der Waals surface area contributed by atoms with Crippen LogP contribution in [0.4, 0.5) is 0 Å². The van der Waals surface area contributed by atoms with Gasteiger partial charge in [0.1, 0.15) is 0 Å². The van der Waals surface area contributed by atoms with Crippen LogP contribution in [0, 0.1) is 0 Å². The van der Waals surface area contributed by atoms with E-state index in [0.717, 1.165) is 30.4 Å². The topological polar surface area (TPSA) is 20.2 Å². The predicted octanol–water partition coefficient (Wildman–Crippen LogP) is 3.36. The van der Waals surface area contributed by atoms with Crippen molar-refractivity contribution in [3.63, 3.8) is 0 Å². The molecule has 1 N–H and O–H groups in total. The Kier molecular flexibility index (Phi) is 2.50. The SMILES string of the molecule is OC1CCCc2c(Cl)cc(Cl)cc21. The van der Waals surface area contributed by atoms with Gasteiger partial charge in [0.2, 0.25) is 0 Å². The highest BCUT2D eigenvalue weighted by Crippen LogP contribution is 2.36. The van der Waals surface area contributed by atoms with Crippen LogP contribution in [0.25, 0.3) is 0 Å². The second kappa shape index (κ2) is 3.49. The Labute approximate surface area is 87.3 Å². The molecule has 1 aliphatic rings. The molecule has 0 amide bonds. The van der Waals surface area contributed by atoms with Gasteiger partial charge in [-0.1, -0.05) is 23.2 Å². The third-order valence-electron chi connectivity index (χ3n) is 2.46. The highest BCUT2D eigenvalue weighted by Gasteiger charge is 2.20. The van der Waals surface area contributed by atoms with Gasteiger partial charge in [0.15, 0.2) is 0 Å². The van der Waals surface area contributed by atoms with Gasteiger partial charge < -0.3 is 5.11 Å². The number of benzene rings is 1. The molecule has 13 heavy (non-hydrogen) atoms. The molecular formula is C10H10Cl2O. The van der Waals surface area contributed by atoms with E-state index in [1.807, 2.05) is 6.07 Å². The number of aliphatic hydroxyl groups excluding tert-OH is 1. The summed E-state index contributed by atoms with van der Waals surface area (Å²) >= 11 is 11.9. The molecule has 1 aliphatic carbocycles. The third kappa shape index (κ3) is 1.69. The molecule has 0 bridgehead atoms. The molecule has 0 saturated carbocycles. The first-order chi connectivity index (χ1) is 6.18. The molecule has 0 fully saturated rings. The van der Waals surface area contributed by atoms with Crippen molar-refractivity contribution >= 4 is 23.2 Å². The van der Waals surface area contributed by atoms with Crippen molar-refractivity contribution in [1.29, 1.82) is 0 Å². The lowest BCUT2D eigenvalue weighted by molar-refractivity contribution is 0.156. The number of halogens is 2. The first-order valence-electron chi connectivity index (χ1n) is 4.34. The van der Waals surface area contributed by atoms with Gasteiger partial charge in [-0.25, -0.2) is 0 Å². The maximum Gasteiger partial charge on any atom is 0.0793 e. The van der Waals surface area contributed by atoms with Crippen LogP contribution in [0.1, 0.15) is 30.1 Å². The zero-order valence-corrected chi connectivity index (χ0v) is 8.57. The fourth-order valence-electron chi connectivity index (χ4n) is 1.81. The molecule has 3 heteroatoms. The van der Waals surface area contributed by atoms with E-state index in [1.54, 1.807) is 6.07 Å². The molecular weight excluding hydrogens is 207 g/mol. The lowest BCUT2D eigenvalue weighted by Gasteiger charge is -2.22. The van der Waals surface area contributed by atoms with Crippen LogP contribution in [0.5, 0.6) is 0 Å². The molecule has 0 aromatic heterocycles. The standard InChI is InChI=1S/C10H10Cl2O/c11-6-4-8-7(9(12)5-6)2-1-3-10(8)13/h4-5,10,13H,1-3H2. The van der Waals surface area contributed by atoms with Crippen LogP contribution in [0.15, 0.2) is 12.1 Å². The third-order valence-corrected chi connectivity index (χ3v) is 3.01. The Hall–Kier alpha value is -0.240. The number of aliphatic hydroxyl groups is 1. The van der Waals surface area contributed by atoms with E-state index in [-0.39, 0.29) is 6.10 Å². The molecule has 0 aliphatic heterocycles. The van der Waals surface area contributed by atoms with E-state index in [0.29, 0.717) is 10.0 Å². The fourth-order valence-corrected chi connectivity index (χ4v) is 2.42. The molecule has 0 heterocycles. The smallest absolute Gasteiger partial charge is 0.0793 e. The normalized spacial score (nSPS) is 21.3. The van der Waals surface area contributed by atoms with Gasteiger partial charge in [0.05, 0.1) is 6.10 Å². The fraction of sp³-hybridized carbons (Fsp3) is 0.400. The molecule has 0 saturated heterocycles. The zero-order chi connectivity index (χ0) is 9.42. The van der Waals surface area contributed by atoms with Gasteiger partial charge in [-0.05, 0) is 42.5 Å². The Balaban J connectivity index is 2.56. The highest BCUT2D eigenvalue weighted by molar-refractivity contribution is 6.35. The van der Waals surface area contributed by atoms with Crippen molar-refractivity contribution in [2.45, 2.75) is 25.4 Å². The minimum Gasteiger partial charge on any atom is -0.388 e. The van der Waals surface area contributed by atoms with Crippen LogP contribution in [-0.4, -0.2) is 5.11 Å².